The second-order valence-corrected chi connectivity index (χ2v) is 6.36. The van der Waals surface area contributed by atoms with Gasteiger partial charge in [-0.2, -0.15) is 0 Å². The van der Waals surface area contributed by atoms with Crippen LogP contribution in [-0.4, -0.2) is 16.6 Å². The average Bonchev–Trinajstić information content (AvgIpc) is 2.90. The SMILES string of the molecule is CCc1cccc(NC(=O)CSc2[nH]c3ccccc3[n+]2C)c1. The van der Waals surface area contributed by atoms with Gasteiger partial charge in [0.05, 0.1) is 12.8 Å². The predicted octanol–water partition coefficient (Wildman–Crippen LogP) is 3.29. The van der Waals surface area contributed by atoms with Gasteiger partial charge in [0.15, 0.2) is 11.0 Å². The Hall–Kier alpha value is -2.27. The summed E-state index contributed by atoms with van der Waals surface area (Å²) in [5, 5.41) is 3.93. The number of hydrogen-bond acceptors (Lipinski definition) is 2. The number of aryl methyl sites for hydroxylation is 2. The summed E-state index contributed by atoms with van der Waals surface area (Å²) in [4.78, 5) is 15.5. The van der Waals surface area contributed by atoms with Crippen molar-refractivity contribution in [1.29, 1.82) is 0 Å². The maximum Gasteiger partial charge on any atom is 0.317 e. The van der Waals surface area contributed by atoms with E-state index in [4.69, 9.17) is 0 Å². The van der Waals surface area contributed by atoms with Crippen LogP contribution in [-0.2, 0) is 18.3 Å². The Kier molecular flexibility index (Phi) is 4.67. The molecule has 1 aromatic heterocycles. The monoisotopic (exact) mass is 326 g/mol. The van der Waals surface area contributed by atoms with E-state index in [0.29, 0.717) is 5.75 Å². The Morgan fingerprint density at radius 1 is 1.22 bits per heavy atom. The third kappa shape index (κ3) is 3.56. The molecule has 118 valence electrons. The molecule has 0 saturated carbocycles. The lowest BCUT2D eigenvalue weighted by atomic mass is 10.1. The number of nitrogens with zero attached hydrogens (tertiary/aromatic N) is 1. The van der Waals surface area contributed by atoms with Gasteiger partial charge in [-0.1, -0.05) is 31.2 Å². The van der Waals surface area contributed by atoms with Crippen molar-refractivity contribution in [2.45, 2.75) is 18.5 Å². The molecule has 0 aliphatic carbocycles. The van der Waals surface area contributed by atoms with Crippen molar-refractivity contribution >= 4 is 34.4 Å². The maximum atomic E-state index is 12.2. The van der Waals surface area contributed by atoms with Gasteiger partial charge in [0.2, 0.25) is 5.91 Å². The lowest BCUT2D eigenvalue weighted by Gasteiger charge is -2.05. The van der Waals surface area contributed by atoms with Gasteiger partial charge in [-0.3, -0.25) is 4.79 Å². The van der Waals surface area contributed by atoms with Gasteiger partial charge in [-0.05, 0) is 48.0 Å². The second kappa shape index (κ2) is 6.87. The first kappa shape index (κ1) is 15.6. The normalized spacial score (nSPS) is 10.9. The number of rotatable bonds is 5. The summed E-state index contributed by atoms with van der Waals surface area (Å²) in [7, 11) is 2.00. The Labute approximate surface area is 139 Å². The summed E-state index contributed by atoms with van der Waals surface area (Å²) >= 11 is 1.51. The molecule has 3 rings (SSSR count). The van der Waals surface area contributed by atoms with Crippen molar-refractivity contribution in [2.75, 3.05) is 11.1 Å². The highest BCUT2D eigenvalue weighted by atomic mass is 32.2. The third-order valence-electron chi connectivity index (χ3n) is 3.77. The van der Waals surface area contributed by atoms with Gasteiger partial charge < -0.3 is 5.32 Å². The van der Waals surface area contributed by atoms with Crippen molar-refractivity contribution in [3.05, 3.63) is 54.1 Å². The van der Waals surface area contributed by atoms with Crippen LogP contribution in [0.5, 0.6) is 0 Å². The van der Waals surface area contributed by atoms with Crippen molar-refractivity contribution in [2.24, 2.45) is 7.05 Å². The molecule has 5 heteroatoms. The number of carbonyl (C=O) groups is 1. The fourth-order valence-electron chi connectivity index (χ4n) is 2.51. The van der Waals surface area contributed by atoms with Crippen LogP contribution in [0.2, 0.25) is 0 Å². The summed E-state index contributed by atoms with van der Waals surface area (Å²) < 4.78 is 2.07. The van der Waals surface area contributed by atoms with E-state index in [2.05, 4.69) is 33.9 Å². The highest BCUT2D eigenvalue weighted by Gasteiger charge is 2.16. The lowest BCUT2D eigenvalue weighted by Crippen LogP contribution is -2.29. The van der Waals surface area contributed by atoms with Crippen LogP contribution in [0.3, 0.4) is 0 Å². The molecule has 0 saturated heterocycles. The molecule has 0 radical (unpaired) electrons. The van der Waals surface area contributed by atoms with Gasteiger partial charge in [0, 0.05) is 5.69 Å². The molecular formula is C18H20N3OS+. The van der Waals surface area contributed by atoms with Gasteiger partial charge in [0.1, 0.15) is 0 Å². The zero-order chi connectivity index (χ0) is 16.2. The molecule has 0 spiro atoms. The minimum Gasteiger partial charge on any atom is -0.325 e. The first-order valence-electron chi connectivity index (χ1n) is 7.65. The average molecular weight is 326 g/mol. The number of amides is 1. The zero-order valence-electron chi connectivity index (χ0n) is 13.3. The maximum absolute atomic E-state index is 12.2. The Bertz CT molecular complexity index is 841. The van der Waals surface area contributed by atoms with Crippen LogP contribution in [0.25, 0.3) is 11.0 Å². The van der Waals surface area contributed by atoms with Crippen LogP contribution < -0.4 is 9.88 Å². The Morgan fingerprint density at radius 2 is 2.04 bits per heavy atom. The summed E-state index contributed by atoms with van der Waals surface area (Å²) in [5.74, 6) is 0.374. The van der Waals surface area contributed by atoms with E-state index < -0.39 is 0 Å². The number of thioether (sulfide) groups is 1. The quantitative estimate of drug-likeness (QED) is 0.558. The number of anilines is 1. The summed E-state index contributed by atoms with van der Waals surface area (Å²) in [6, 6.07) is 16.1. The van der Waals surface area contributed by atoms with Gasteiger partial charge in [0.25, 0.3) is 0 Å². The minimum atomic E-state index is 0.00177. The molecule has 0 aliphatic heterocycles. The smallest absolute Gasteiger partial charge is 0.317 e. The van der Waals surface area contributed by atoms with E-state index in [1.165, 1.54) is 17.3 Å². The van der Waals surface area contributed by atoms with E-state index >= 15 is 0 Å². The number of nitrogens with one attached hydrogen (secondary N) is 2. The Morgan fingerprint density at radius 3 is 2.83 bits per heavy atom. The fraction of sp³-hybridized carbons (Fsp3) is 0.222. The van der Waals surface area contributed by atoms with Crippen LogP contribution in [0.15, 0.2) is 53.7 Å². The first-order chi connectivity index (χ1) is 11.2. The number of aromatic amines is 1. The van der Waals surface area contributed by atoms with E-state index in [0.717, 1.165) is 28.3 Å². The molecule has 2 aromatic carbocycles. The number of fused-ring (bicyclic) bond motifs is 1. The third-order valence-corrected chi connectivity index (χ3v) is 4.83. The van der Waals surface area contributed by atoms with Crippen molar-refractivity contribution in [3.8, 4) is 0 Å². The molecule has 0 atom stereocenters. The van der Waals surface area contributed by atoms with E-state index in [1.807, 2.05) is 43.4 Å². The van der Waals surface area contributed by atoms with E-state index in [1.54, 1.807) is 0 Å². The number of imidazole rings is 1. The summed E-state index contributed by atoms with van der Waals surface area (Å²) in [6.45, 7) is 2.10. The molecule has 23 heavy (non-hydrogen) atoms. The molecule has 1 heterocycles. The molecular weight excluding hydrogens is 306 g/mol. The van der Waals surface area contributed by atoms with Gasteiger partial charge in [-0.25, -0.2) is 9.55 Å². The van der Waals surface area contributed by atoms with Crippen LogP contribution in [0.1, 0.15) is 12.5 Å². The van der Waals surface area contributed by atoms with Crippen molar-refractivity contribution < 1.29 is 9.36 Å². The molecule has 2 N–H and O–H groups in total. The topological polar surface area (TPSA) is 48.8 Å². The van der Waals surface area contributed by atoms with Crippen LogP contribution in [0.4, 0.5) is 5.69 Å². The highest BCUT2D eigenvalue weighted by molar-refractivity contribution is 7.99. The second-order valence-electron chi connectivity index (χ2n) is 5.40. The molecule has 1 amide bonds. The van der Waals surface area contributed by atoms with E-state index in [9.17, 15) is 4.79 Å². The van der Waals surface area contributed by atoms with Gasteiger partial charge >= 0.3 is 5.16 Å². The number of benzene rings is 2. The number of H-pyrrole nitrogens is 1. The number of para-hydroxylation sites is 2. The van der Waals surface area contributed by atoms with Crippen molar-refractivity contribution in [1.82, 2.24) is 4.98 Å². The van der Waals surface area contributed by atoms with Crippen LogP contribution >= 0.6 is 11.8 Å². The molecule has 0 fully saturated rings. The fourth-order valence-corrected chi connectivity index (χ4v) is 3.33. The standard InChI is InChI=1S/C18H19N3OS/c1-3-13-7-6-8-14(11-13)19-17(22)12-23-18-20-15-9-4-5-10-16(15)21(18)2/h4-11H,3,12H2,1-2H3,(H,19,22)/p+1. The molecule has 0 bridgehead atoms. The van der Waals surface area contributed by atoms with E-state index in [-0.39, 0.29) is 5.91 Å². The first-order valence-corrected chi connectivity index (χ1v) is 8.64. The minimum absolute atomic E-state index is 0.00177. The van der Waals surface area contributed by atoms with Crippen molar-refractivity contribution in [3.63, 3.8) is 0 Å². The predicted molar refractivity (Wildman–Crippen MR) is 94.6 cm³/mol. The summed E-state index contributed by atoms with van der Waals surface area (Å²) in [5.41, 5.74) is 4.29. The number of aromatic nitrogens is 2. The van der Waals surface area contributed by atoms with Gasteiger partial charge in [-0.15, -0.1) is 0 Å². The van der Waals surface area contributed by atoms with Crippen LogP contribution in [0, 0.1) is 0 Å². The Balaban J connectivity index is 1.65. The largest absolute Gasteiger partial charge is 0.325 e. The lowest BCUT2D eigenvalue weighted by molar-refractivity contribution is -0.683. The molecule has 4 nitrogen and oxygen atoms in total. The highest BCUT2D eigenvalue weighted by Crippen LogP contribution is 2.18. The number of hydrogen-bond donors (Lipinski definition) is 2. The zero-order valence-corrected chi connectivity index (χ0v) is 14.1. The molecule has 0 unspecified atom stereocenters. The summed E-state index contributed by atoms with van der Waals surface area (Å²) in [6.07, 6.45) is 0.962. The molecule has 0 aliphatic rings. The number of carbonyl (C=O) groups excluding carboxylic acids is 1. The molecule has 3 aromatic rings.